The average Bonchev–Trinajstić information content (AvgIpc) is 3.91. The maximum absolute atomic E-state index is 3.23. The minimum Gasteiger partial charge on any atom is -0.294 e. The molecule has 3 atom stereocenters. The van der Waals surface area contributed by atoms with Crippen molar-refractivity contribution in [2.24, 2.45) is 11.8 Å². The van der Waals surface area contributed by atoms with Crippen LogP contribution in [0.5, 0.6) is 0 Å². The van der Waals surface area contributed by atoms with Gasteiger partial charge in [-0.3, -0.25) is 9.80 Å². The molecule has 2 aromatic rings. The first-order valence-electron chi connectivity index (χ1n) is 23.5. The van der Waals surface area contributed by atoms with E-state index in [0.717, 1.165) is 59.9 Å². The molecule has 2 heterocycles. The largest absolute Gasteiger partial charge is 0.294 e. The Balaban J connectivity index is 0.803. The molecule has 9 rings (SSSR count). The predicted molar refractivity (Wildman–Crippen MR) is 225 cm³/mol. The van der Waals surface area contributed by atoms with Gasteiger partial charge in [-0.2, -0.15) is 0 Å². The van der Waals surface area contributed by atoms with E-state index in [9.17, 15) is 0 Å². The molecule has 0 aliphatic heterocycles. The molecule has 2 nitrogen and oxygen atoms in total. The fourth-order valence-electron chi connectivity index (χ4n) is 13.8. The van der Waals surface area contributed by atoms with Crippen molar-refractivity contribution < 1.29 is 0 Å². The van der Waals surface area contributed by atoms with Crippen LogP contribution in [0.2, 0.25) is 0 Å². The quantitative estimate of drug-likeness (QED) is 0.252. The summed E-state index contributed by atoms with van der Waals surface area (Å²) in [4.78, 5) is 12.9. The van der Waals surface area contributed by atoms with Crippen molar-refractivity contribution in [3.63, 3.8) is 0 Å². The lowest BCUT2D eigenvalue weighted by Crippen LogP contribution is -2.53. The molecule has 7 saturated carbocycles. The summed E-state index contributed by atoms with van der Waals surface area (Å²) in [5.74, 6) is 3.72. The van der Waals surface area contributed by atoms with Crippen molar-refractivity contribution in [2.45, 2.75) is 241 Å². The first-order chi connectivity index (χ1) is 25.8. The third kappa shape index (κ3) is 8.37. The lowest BCUT2D eigenvalue weighted by Gasteiger charge is -2.51. The SMILES string of the molecule is c1cc(C2CCC(N(C3CCCCC3)C3CCCCC3)CC2)sc1-c1ccc(C2CCC(N(C3CCCCC3)C3CCC4CCCCC4C3)CC2)s1. The van der Waals surface area contributed by atoms with Crippen LogP contribution in [0.4, 0.5) is 0 Å². The Bertz CT molecular complexity index is 1340. The average molecular weight is 743 g/mol. The van der Waals surface area contributed by atoms with Crippen molar-refractivity contribution >= 4 is 22.7 Å². The molecule has 7 aliphatic rings. The van der Waals surface area contributed by atoms with Crippen molar-refractivity contribution in [3.8, 4) is 9.75 Å². The Morgan fingerprint density at radius 3 is 1.15 bits per heavy atom. The first kappa shape index (κ1) is 36.9. The van der Waals surface area contributed by atoms with E-state index in [-0.39, 0.29) is 0 Å². The lowest BCUT2D eigenvalue weighted by molar-refractivity contribution is -0.00775. The van der Waals surface area contributed by atoms with Crippen molar-refractivity contribution in [1.82, 2.24) is 9.80 Å². The third-order valence-corrected chi connectivity index (χ3v) is 19.2. The smallest absolute Gasteiger partial charge is 0.0445 e. The zero-order chi connectivity index (χ0) is 34.7. The van der Waals surface area contributed by atoms with Crippen LogP contribution in [-0.2, 0) is 0 Å². The van der Waals surface area contributed by atoms with Crippen LogP contribution in [-0.4, -0.2) is 46.1 Å². The van der Waals surface area contributed by atoms with Gasteiger partial charge in [0.05, 0.1) is 0 Å². The predicted octanol–water partition coefficient (Wildman–Crippen LogP) is 14.5. The van der Waals surface area contributed by atoms with Crippen LogP contribution in [0.25, 0.3) is 9.75 Å². The summed E-state index contributed by atoms with van der Waals surface area (Å²) in [7, 11) is 0. The van der Waals surface area contributed by atoms with Gasteiger partial charge in [-0.1, -0.05) is 83.5 Å². The zero-order valence-electron chi connectivity index (χ0n) is 33.0. The van der Waals surface area contributed by atoms with E-state index >= 15 is 0 Å². The molecule has 0 saturated heterocycles. The Morgan fingerprint density at radius 1 is 0.327 bits per heavy atom. The van der Waals surface area contributed by atoms with Gasteiger partial charge in [-0.05, 0) is 157 Å². The maximum atomic E-state index is 3.23. The first-order valence-corrected chi connectivity index (χ1v) is 25.1. The number of hydrogen-bond acceptors (Lipinski definition) is 4. The van der Waals surface area contributed by atoms with Crippen LogP contribution >= 0.6 is 22.7 Å². The molecule has 0 spiro atoms. The number of hydrogen-bond donors (Lipinski definition) is 0. The summed E-state index contributed by atoms with van der Waals surface area (Å²) in [6.07, 6.45) is 44.4. The molecule has 7 fully saturated rings. The van der Waals surface area contributed by atoms with E-state index in [0.29, 0.717) is 0 Å². The zero-order valence-corrected chi connectivity index (χ0v) is 34.6. The molecular weight excluding hydrogens is 669 g/mol. The fraction of sp³-hybridized carbons (Fsp3) is 0.833. The van der Waals surface area contributed by atoms with Gasteiger partial charge in [-0.25, -0.2) is 0 Å². The van der Waals surface area contributed by atoms with Crippen molar-refractivity contribution in [2.75, 3.05) is 0 Å². The van der Waals surface area contributed by atoms with E-state index in [4.69, 9.17) is 0 Å². The van der Waals surface area contributed by atoms with Crippen LogP contribution in [0.1, 0.15) is 214 Å². The number of nitrogens with zero attached hydrogens (tertiary/aromatic N) is 2. The van der Waals surface area contributed by atoms with Gasteiger partial charge in [0.2, 0.25) is 0 Å². The van der Waals surface area contributed by atoms with Crippen molar-refractivity contribution in [3.05, 3.63) is 34.0 Å². The molecule has 0 bridgehead atoms. The molecule has 0 aromatic carbocycles. The molecule has 0 radical (unpaired) electrons. The van der Waals surface area contributed by atoms with E-state index in [2.05, 4.69) is 56.7 Å². The molecular formula is C48H74N2S2. The molecule has 0 N–H and O–H groups in total. The summed E-state index contributed by atoms with van der Waals surface area (Å²) >= 11 is 4.31. The van der Waals surface area contributed by atoms with E-state index < -0.39 is 0 Å². The third-order valence-electron chi connectivity index (χ3n) is 16.5. The monoisotopic (exact) mass is 743 g/mol. The molecule has 0 amide bonds. The maximum Gasteiger partial charge on any atom is 0.0445 e. The van der Waals surface area contributed by atoms with Gasteiger partial charge in [0.25, 0.3) is 0 Å². The van der Waals surface area contributed by atoms with Crippen LogP contribution in [0, 0.1) is 11.8 Å². The second-order valence-electron chi connectivity index (χ2n) is 19.5. The Kier molecular flexibility index (Phi) is 12.5. The summed E-state index contributed by atoms with van der Waals surface area (Å²) in [6, 6.07) is 15.4. The van der Waals surface area contributed by atoms with Gasteiger partial charge in [-0.15, -0.1) is 22.7 Å². The van der Waals surface area contributed by atoms with Crippen LogP contribution in [0.3, 0.4) is 0 Å². The second kappa shape index (κ2) is 17.6. The van der Waals surface area contributed by atoms with Gasteiger partial charge in [0.1, 0.15) is 0 Å². The van der Waals surface area contributed by atoms with Crippen molar-refractivity contribution in [1.29, 1.82) is 0 Å². The topological polar surface area (TPSA) is 6.48 Å². The normalized spacial score (nSPS) is 34.8. The Morgan fingerprint density at radius 2 is 0.692 bits per heavy atom. The Labute approximate surface area is 327 Å². The van der Waals surface area contributed by atoms with Crippen LogP contribution < -0.4 is 0 Å². The standard InChI is InChI=1S/C48H74N2S2/c1-4-14-39(15-5-1)49(40-16-6-2-7-17-40)42-25-21-36(22-26-42)45-30-32-47(51-45)48-33-31-46(52-48)37-23-27-43(28-24-37)50(41-18-8-3-9-19-41)44-29-20-35-12-10-11-13-38(35)34-44/h30-33,35-44H,1-29,34H2. The molecule has 4 heteroatoms. The highest BCUT2D eigenvalue weighted by molar-refractivity contribution is 7.22. The van der Waals surface area contributed by atoms with E-state index in [1.807, 2.05) is 0 Å². The molecule has 52 heavy (non-hydrogen) atoms. The number of thiophene rings is 2. The van der Waals surface area contributed by atoms with Gasteiger partial charge in [0, 0.05) is 55.8 Å². The van der Waals surface area contributed by atoms with Gasteiger partial charge < -0.3 is 0 Å². The van der Waals surface area contributed by atoms with E-state index in [1.165, 1.54) is 173 Å². The highest BCUT2D eigenvalue weighted by Crippen LogP contribution is 2.48. The highest BCUT2D eigenvalue weighted by atomic mass is 32.1. The van der Waals surface area contributed by atoms with Gasteiger partial charge in [0.15, 0.2) is 0 Å². The molecule has 7 aliphatic carbocycles. The molecule has 2 aromatic heterocycles. The summed E-state index contributed by atoms with van der Waals surface area (Å²) in [6.45, 7) is 0. The number of rotatable bonds is 9. The minimum absolute atomic E-state index is 0.795. The second-order valence-corrected chi connectivity index (χ2v) is 21.7. The van der Waals surface area contributed by atoms with Crippen LogP contribution in [0.15, 0.2) is 24.3 Å². The summed E-state index contributed by atoms with van der Waals surface area (Å²) in [5, 5.41) is 0. The number of fused-ring (bicyclic) bond motifs is 1. The fourth-order valence-corrected chi connectivity index (χ4v) is 16.2. The molecule has 3 unspecified atom stereocenters. The Hall–Kier alpha value is -0.680. The highest BCUT2D eigenvalue weighted by Gasteiger charge is 2.41. The summed E-state index contributed by atoms with van der Waals surface area (Å²) in [5.41, 5.74) is 0. The lowest BCUT2D eigenvalue weighted by atomic mass is 9.68. The molecule has 288 valence electrons. The van der Waals surface area contributed by atoms with E-state index in [1.54, 1.807) is 38.8 Å². The van der Waals surface area contributed by atoms with Gasteiger partial charge >= 0.3 is 0 Å². The summed E-state index contributed by atoms with van der Waals surface area (Å²) < 4.78 is 0. The minimum atomic E-state index is 0.795.